The molecule has 0 heterocycles. The number of nitrogens with two attached hydrogens (primary N) is 1. The van der Waals surface area contributed by atoms with Crippen molar-refractivity contribution in [1.82, 2.24) is 0 Å². The van der Waals surface area contributed by atoms with Crippen LogP contribution in [0.4, 0.5) is 14.5 Å². The molecule has 1 aromatic carbocycles. The van der Waals surface area contributed by atoms with Gasteiger partial charge < -0.3 is 10.6 Å². The van der Waals surface area contributed by atoms with Crippen molar-refractivity contribution in [2.45, 2.75) is 19.3 Å². The zero-order chi connectivity index (χ0) is 13.3. The molecule has 18 heavy (non-hydrogen) atoms. The molecule has 1 saturated carbocycles. The van der Waals surface area contributed by atoms with Crippen LogP contribution >= 0.6 is 0 Å². The van der Waals surface area contributed by atoms with Crippen LogP contribution in [-0.4, -0.2) is 19.4 Å². The molecule has 1 fully saturated rings. The van der Waals surface area contributed by atoms with Crippen molar-refractivity contribution in [3.63, 3.8) is 0 Å². The number of hydrogen-bond donors (Lipinski definition) is 2. The molecule has 0 saturated heterocycles. The van der Waals surface area contributed by atoms with Crippen LogP contribution in [0.5, 0.6) is 0 Å². The second-order valence-corrected chi connectivity index (χ2v) is 4.88. The molecule has 0 bridgehead atoms. The summed E-state index contributed by atoms with van der Waals surface area (Å²) in [6, 6.07) is 2.22. The van der Waals surface area contributed by atoms with E-state index in [-0.39, 0.29) is 17.1 Å². The van der Waals surface area contributed by atoms with E-state index in [4.69, 9.17) is 11.1 Å². The van der Waals surface area contributed by atoms with Crippen LogP contribution in [0.3, 0.4) is 0 Å². The zero-order valence-electron chi connectivity index (χ0n) is 10.3. The number of nitrogen functional groups attached to an aromatic ring is 1. The lowest BCUT2D eigenvalue weighted by Gasteiger charge is -2.31. The van der Waals surface area contributed by atoms with Crippen molar-refractivity contribution in [1.29, 1.82) is 5.41 Å². The summed E-state index contributed by atoms with van der Waals surface area (Å²) in [5.74, 6) is -1.13. The molecule has 1 aliphatic rings. The molecule has 0 amide bonds. The Labute approximate surface area is 105 Å². The van der Waals surface area contributed by atoms with Crippen LogP contribution in [0.25, 0.3) is 0 Å². The van der Waals surface area contributed by atoms with E-state index in [1.54, 1.807) is 11.9 Å². The van der Waals surface area contributed by atoms with E-state index in [2.05, 4.69) is 0 Å². The summed E-state index contributed by atoms with van der Waals surface area (Å²) in [7, 11) is 1.69. The number of nitrogens with one attached hydrogen (secondary N) is 1. The maximum absolute atomic E-state index is 13.9. The fourth-order valence-corrected chi connectivity index (χ4v) is 2.24. The predicted molar refractivity (Wildman–Crippen MR) is 68.0 cm³/mol. The topological polar surface area (TPSA) is 53.1 Å². The molecule has 0 unspecified atom stereocenters. The smallest absolute Gasteiger partial charge is 0.150 e. The predicted octanol–water partition coefficient (Wildman–Crippen LogP) is 2.49. The van der Waals surface area contributed by atoms with Crippen LogP contribution in [0.2, 0.25) is 0 Å². The summed E-state index contributed by atoms with van der Waals surface area (Å²) in [5, 5.41) is 7.19. The van der Waals surface area contributed by atoms with Crippen molar-refractivity contribution < 1.29 is 8.78 Å². The molecule has 5 heteroatoms. The van der Waals surface area contributed by atoms with Crippen LogP contribution in [0, 0.1) is 23.0 Å². The summed E-state index contributed by atoms with van der Waals surface area (Å²) in [5.41, 5.74) is 5.26. The first-order valence-electron chi connectivity index (χ1n) is 6.03. The Hall–Kier alpha value is -1.65. The van der Waals surface area contributed by atoms with Gasteiger partial charge in [-0.15, -0.1) is 0 Å². The summed E-state index contributed by atoms with van der Waals surface area (Å²) >= 11 is 0. The molecule has 0 atom stereocenters. The van der Waals surface area contributed by atoms with Gasteiger partial charge in [-0.05, 0) is 30.9 Å². The average Bonchev–Trinajstić information content (AvgIpc) is 2.22. The maximum Gasteiger partial charge on any atom is 0.150 e. The number of anilines is 1. The van der Waals surface area contributed by atoms with Gasteiger partial charge in [0.05, 0.1) is 0 Å². The molecule has 0 aliphatic heterocycles. The van der Waals surface area contributed by atoms with Gasteiger partial charge in [-0.1, -0.05) is 6.42 Å². The highest BCUT2D eigenvalue weighted by molar-refractivity contribution is 5.95. The minimum atomic E-state index is -0.665. The monoisotopic (exact) mass is 253 g/mol. The van der Waals surface area contributed by atoms with Gasteiger partial charge in [0, 0.05) is 19.2 Å². The van der Waals surface area contributed by atoms with Crippen molar-refractivity contribution in [3.8, 4) is 0 Å². The minimum absolute atomic E-state index is 0.0353. The van der Waals surface area contributed by atoms with Gasteiger partial charge in [-0.2, -0.15) is 0 Å². The molecule has 0 spiro atoms. The van der Waals surface area contributed by atoms with E-state index in [1.807, 2.05) is 0 Å². The Balaban J connectivity index is 2.23. The van der Waals surface area contributed by atoms with Crippen molar-refractivity contribution in [3.05, 3.63) is 29.3 Å². The summed E-state index contributed by atoms with van der Waals surface area (Å²) in [6.45, 7) is 0.660. The Morgan fingerprint density at radius 3 is 2.33 bits per heavy atom. The van der Waals surface area contributed by atoms with Gasteiger partial charge in [-0.3, -0.25) is 5.41 Å². The van der Waals surface area contributed by atoms with Gasteiger partial charge >= 0.3 is 0 Å². The lowest BCUT2D eigenvalue weighted by molar-refractivity contribution is 0.320. The average molecular weight is 253 g/mol. The largest absolute Gasteiger partial charge is 0.384 e. The summed E-state index contributed by atoms with van der Waals surface area (Å²) in [4.78, 5) is 1.61. The van der Waals surface area contributed by atoms with E-state index in [9.17, 15) is 8.78 Å². The normalized spacial score (nSPS) is 15.3. The number of hydrogen-bond acceptors (Lipinski definition) is 2. The van der Waals surface area contributed by atoms with Crippen LogP contribution in [0.1, 0.15) is 24.8 Å². The lowest BCUT2D eigenvalue weighted by atomic mass is 9.85. The molecule has 2 rings (SSSR count). The first-order chi connectivity index (χ1) is 8.49. The Morgan fingerprint density at radius 1 is 1.39 bits per heavy atom. The van der Waals surface area contributed by atoms with E-state index in [0.29, 0.717) is 12.5 Å². The molecule has 0 aromatic heterocycles. The Bertz CT molecular complexity index is 446. The van der Waals surface area contributed by atoms with Gasteiger partial charge in [0.25, 0.3) is 0 Å². The third-order valence-electron chi connectivity index (χ3n) is 3.47. The Kier molecular flexibility index (Phi) is 3.50. The summed E-state index contributed by atoms with van der Waals surface area (Å²) in [6.07, 6.45) is 3.45. The third kappa shape index (κ3) is 2.44. The number of rotatable bonds is 4. The first-order valence-corrected chi connectivity index (χ1v) is 6.03. The maximum atomic E-state index is 13.9. The second kappa shape index (κ2) is 4.92. The zero-order valence-corrected chi connectivity index (χ0v) is 10.3. The molecular weight excluding hydrogens is 236 g/mol. The van der Waals surface area contributed by atoms with Crippen molar-refractivity contribution in [2.24, 2.45) is 11.7 Å². The molecule has 0 radical (unpaired) electrons. The number of benzene rings is 1. The highest BCUT2D eigenvalue weighted by atomic mass is 19.1. The van der Waals surface area contributed by atoms with E-state index >= 15 is 0 Å². The van der Waals surface area contributed by atoms with Crippen LogP contribution in [-0.2, 0) is 0 Å². The number of amidine groups is 1. The quantitative estimate of drug-likeness (QED) is 0.640. The van der Waals surface area contributed by atoms with Crippen molar-refractivity contribution in [2.75, 3.05) is 18.5 Å². The minimum Gasteiger partial charge on any atom is -0.384 e. The SMILES string of the molecule is CN(CC1CCC1)c1c(F)cc(C(=N)N)cc1F. The van der Waals surface area contributed by atoms with Gasteiger partial charge in [-0.25, -0.2) is 8.78 Å². The van der Waals surface area contributed by atoms with Gasteiger partial charge in [0.15, 0.2) is 0 Å². The standard InChI is InChI=1S/C13H17F2N3/c1-18(7-8-3-2-4-8)12-10(14)5-9(13(16)17)6-11(12)15/h5-6,8H,2-4,7H2,1H3,(H3,16,17). The van der Waals surface area contributed by atoms with Gasteiger partial charge in [0.2, 0.25) is 0 Å². The highest BCUT2D eigenvalue weighted by Gasteiger charge is 2.22. The van der Waals surface area contributed by atoms with Gasteiger partial charge in [0.1, 0.15) is 23.2 Å². The number of halogens is 2. The molecule has 3 nitrogen and oxygen atoms in total. The molecule has 1 aromatic rings. The molecule has 3 N–H and O–H groups in total. The highest BCUT2D eigenvalue weighted by Crippen LogP contribution is 2.30. The molecule has 1 aliphatic carbocycles. The van der Waals surface area contributed by atoms with Crippen LogP contribution in [0.15, 0.2) is 12.1 Å². The fraction of sp³-hybridized carbons (Fsp3) is 0.462. The first kappa shape index (κ1) is 12.8. The Morgan fingerprint density at radius 2 is 1.94 bits per heavy atom. The molecular formula is C13H17F2N3. The third-order valence-corrected chi connectivity index (χ3v) is 3.47. The van der Waals surface area contributed by atoms with E-state index in [0.717, 1.165) is 25.0 Å². The van der Waals surface area contributed by atoms with E-state index < -0.39 is 11.6 Å². The fourth-order valence-electron chi connectivity index (χ4n) is 2.24. The van der Waals surface area contributed by atoms with Crippen molar-refractivity contribution >= 4 is 11.5 Å². The lowest BCUT2D eigenvalue weighted by Crippen LogP contribution is -2.30. The van der Waals surface area contributed by atoms with Crippen LogP contribution < -0.4 is 10.6 Å². The molecule has 98 valence electrons. The second-order valence-electron chi connectivity index (χ2n) is 4.88. The van der Waals surface area contributed by atoms with E-state index in [1.165, 1.54) is 6.42 Å². The summed E-state index contributed by atoms with van der Waals surface area (Å²) < 4.78 is 27.7. The number of nitrogens with zero attached hydrogens (tertiary/aromatic N) is 1.